The van der Waals surface area contributed by atoms with Crippen molar-refractivity contribution in [1.82, 2.24) is 0 Å². The molecular weight excluding hydrogens is 184 g/mol. The molecule has 2 rings (SSSR count). The second-order valence-corrected chi connectivity index (χ2v) is 5.10. The molecule has 2 aliphatic rings. The Hall–Kier alpha value is -0.300. The van der Waals surface area contributed by atoms with E-state index in [1.807, 2.05) is 0 Å². The minimum Gasteiger partial charge on any atom is -0.375 e. The Morgan fingerprint density at radius 1 is 1.33 bits per heavy atom. The van der Waals surface area contributed by atoms with Gasteiger partial charge in [0.05, 0.1) is 5.60 Å². The van der Waals surface area contributed by atoms with Crippen molar-refractivity contribution in [3.63, 3.8) is 0 Å². The van der Waals surface area contributed by atoms with Gasteiger partial charge in [-0.05, 0) is 57.8 Å². The highest BCUT2D eigenvalue weighted by atomic mass is 16.5. The van der Waals surface area contributed by atoms with Gasteiger partial charge < -0.3 is 4.74 Å². The predicted molar refractivity (Wildman–Crippen MR) is 64.0 cm³/mol. The maximum absolute atomic E-state index is 5.95. The van der Waals surface area contributed by atoms with Crippen LogP contribution in [0, 0.1) is 0 Å². The fourth-order valence-electron chi connectivity index (χ4n) is 2.93. The molecule has 1 atom stereocenters. The minimum atomic E-state index is 0.248. The molecule has 1 heterocycles. The van der Waals surface area contributed by atoms with Gasteiger partial charge in [0.15, 0.2) is 0 Å². The average molecular weight is 208 g/mol. The normalized spacial score (nSPS) is 31.7. The molecule has 1 aliphatic heterocycles. The van der Waals surface area contributed by atoms with E-state index in [0.29, 0.717) is 0 Å². The van der Waals surface area contributed by atoms with Gasteiger partial charge in [0, 0.05) is 6.61 Å². The van der Waals surface area contributed by atoms with Crippen LogP contribution in [-0.2, 0) is 4.74 Å². The number of hydrogen-bond donors (Lipinski definition) is 0. The smallest absolute Gasteiger partial charge is 0.0683 e. The van der Waals surface area contributed by atoms with Crippen molar-refractivity contribution >= 4 is 0 Å². The molecule has 15 heavy (non-hydrogen) atoms. The molecule has 0 aromatic heterocycles. The standard InChI is InChI=1S/C14H24O/c1-2-14(10-6-12-15-14)11-9-13-7-4-3-5-8-13/h7H,2-6,8-12H2,1H3/t14-/m1/s1. The zero-order valence-corrected chi connectivity index (χ0v) is 10.1. The zero-order chi connectivity index (χ0) is 10.6. The first-order valence-electron chi connectivity index (χ1n) is 6.66. The number of hydrogen-bond acceptors (Lipinski definition) is 1. The lowest BCUT2D eigenvalue weighted by Crippen LogP contribution is -2.26. The lowest BCUT2D eigenvalue weighted by Gasteiger charge is -2.28. The van der Waals surface area contributed by atoms with E-state index in [4.69, 9.17) is 4.74 Å². The van der Waals surface area contributed by atoms with Crippen molar-refractivity contribution < 1.29 is 4.74 Å². The average Bonchev–Trinajstić information content (AvgIpc) is 2.77. The van der Waals surface area contributed by atoms with Gasteiger partial charge in [-0.2, -0.15) is 0 Å². The van der Waals surface area contributed by atoms with Gasteiger partial charge in [-0.1, -0.05) is 18.6 Å². The van der Waals surface area contributed by atoms with Crippen LogP contribution in [0.3, 0.4) is 0 Å². The summed E-state index contributed by atoms with van der Waals surface area (Å²) in [6, 6.07) is 0. The van der Waals surface area contributed by atoms with Crippen LogP contribution < -0.4 is 0 Å². The summed E-state index contributed by atoms with van der Waals surface area (Å²) in [5.41, 5.74) is 1.95. The van der Waals surface area contributed by atoms with E-state index in [2.05, 4.69) is 13.0 Å². The summed E-state index contributed by atoms with van der Waals surface area (Å²) in [6.45, 7) is 3.27. The van der Waals surface area contributed by atoms with Crippen LogP contribution in [0.1, 0.15) is 64.7 Å². The van der Waals surface area contributed by atoms with Crippen LogP contribution >= 0.6 is 0 Å². The Bertz CT molecular complexity index is 223. The SMILES string of the molecule is CC[C@]1(CCC2=CCCCC2)CCCO1. The minimum absolute atomic E-state index is 0.248. The van der Waals surface area contributed by atoms with Crippen LogP contribution in [0.2, 0.25) is 0 Å². The molecule has 1 nitrogen and oxygen atoms in total. The summed E-state index contributed by atoms with van der Waals surface area (Å²) in [6.07, 6.45) is 14.2. The van der Waals surface area contributed by atoms with E-state index in [0.717, 1.165) is 6.61 Å². The molecule has 0 bridgehead atoms. The van der Waals surface area contributed by atoms with Gasteiger partial charge in [-0.25, -0.2) is 0 Å². The number of allylic oxidation sites excluding steroid dienone is 2. The van der Waals surface area contributed by atoms with E-state index in [1.54, 1.807) is 5.57 Å². The molecule has 1 saturated heterocycles. The Morgan fingerprint density at radius 2 is 2.27 bits per heavy atom. The summed E-state index contributed by atoms with van der Waals surface area (Å²) in [4.78, 5) is 0. The number of rotatable bonds is 4. The summed E-state index contributed by atoms with van der Waals surface area (Å²) >= 11 is 0. The number of ether oxygens (including phenoxy) is 1. The van der Waals surface area contributed by atoms with Crippen LogP contribution in [-0.4, -0.2) is 12.2 Å². The van der Waals surface area contributed by atoms with Crippen LogP contribution in [0.4, 0.5) is 0 Å². The second-order valence-electron chi connectivity index (χ2n) is 5.10. The van der Waals surface area contributed by atoms with Crippen molar-refractivity contribution in [2.45, 2.75) is 70.3 Å². The molecule has 0 radical (unpaired) electrons. The highest BCUT2D eigenvalue weighted by molar-refractivity contribution is 5.06. The summed E-state index contributed by atoms with van der Waals surface area (Å²) in [5.74, 6) is 0. The maximum Gasteiger partial charge on any atom is 0.0683 e. The van der Waals surface area contributed by atoms with E-state index in [-0.39, 0.29) is 5.60 Å². The van der Waals surface area contributed by atoms with Crippen molar-refractivity contribution in [3.05, 3.63) is 11.6 Å². The maximum atomic E-state index is 5.95. The predicted octanol–water partition coefficient (Wildman–Crippen LogP) is 4.23. The molecule has 0 aromatic carbocycles. The van der Waals surface area contributed by atoms with Gasteiger partial charge in [0.2, 0.25) is 0 Å². The zero-order valence-electron chi connectivity index (χ0n) is 10.1. The van der Waals surface area contributed by atoms with E-state index in [9.17, 15) is 0 Å². The van der Waals surface area contributed by atoms with E-state index < -0.39 is 0 Å². The molecular formula is C14H24O. The van der Waals surface area contributed by atoms with Crippen LogP contribution in [0.15, 0.2) is 11.6 Å². The molecule has 0 spiro atoms. The molecule has 0 unspecified atom stereocenters. The molecule has 0 N–H and O–H groups in total. The fourth-order valence-corrected chi connectivity index (χ4v) is 2.93. The topological polar surface area (TPSA) is 9.23 Å². The molecule has 0 amide bonds. The summed E-state index contributed by atoms with van der Waals surface area (Å²) in [5, 5.41) is 0. The van der Waals surface area contributed by atoms with Crippen molar-refractivity contribution in [2.75, 3.05) is 6.61 Å². The third kappa shape index (κ3) is 2.84. The molecule has 0 saturated carbocycles. The summed E-state index contributed by atoms with van der Waals surface area (Å²) < 4.78 is 5.95. The Kier molecular flexibility index (Phi) is 3.85. The van der Waals surface area contributed by atoms with E-state index in [1.165, 1.54) is 57.8 Å². The fraction of sp³-hybridized carbons (Fsp3) is 0.857. The van der Waals surface area contributed by atoms with Gasteiger partial charge >= 0.3 is 0 Å². The highest BCUT2D eigenvalue weighted by Crippen LogP contribution is 2.35. The van der Waals surface area contributed by atoms with Gasteiger partial charge in [-0.3, -0.25) is 0 Å². The Labute approximate surface area is 93.9 Å². The van der Waals surface area contributed by atoms with Crippen molar-refractivity contribution in [1.29, 1.82) is 0 Å². The highest BCUT2D eigenvalue weighted by Gasteiger charge is 2.32. The van der Waals surface area contributed by atoms with Crippen molar-refractivity contribution in [2.24, 2.45) is 0 Å². The van der Waals surface area contributed by atoms with Crippen molar-refractivity contribution in [3.8, 4) is 0 Å². The second kappa shape index (κ2) is 5.16. The van der Waals surface area contributed by atoms with E-state index >= 15 is 0 Å². The molecule has 1 aliphatic carbocycles. The van der Waals surface area contributed by atoms with Crippen LogP contribution in [0.5, 0.6) is 0 Å². The molecule has 0 aromatic rings. The summed E-state index contributed by atoms with van der Waals surface area (Å²) in [7, 11) is 0. The third-order valence-electron chi connectivity index (χ3n) is 4.12. The van der Waals surface area contributed by atoms with Gasteiger partial charge in [-0.15, -0.1) is 0 Å². The van der Waals surface area contributed by atoms with Gasteiger partial charge in [0.1, 0.15) is 0 Å². The monoisotopic (exact) mass is 208 g/mol. The lowest BCUT2D eigenvalue weighted by atomic mass is 9.87. The largest absolute Gasteiger partial charge is 0.375 e. The quantitative estimate of drug-likeness (QED) is 0.628. The Morgan fingerprint density at radius 3 is 2.87 bits per heavy atom. The van der Waals surface area contributed by atoms with Crippen LogP contribution in [0.25, 0.3) is 0 Å². The first kappa shape index (κ1) is 11.2. The first-order chi connectivity index (χ1) is 7.35. The molecule has 86 valence electrons. The van der Waals surface area contributed by atoms with Gasteiger partial charge in [0.25, 0.3) is 0 Å². The Balaban J connectivity index is 1.82. The molecule has 1 heteroatoms. The third-order valence-corrected chi connectivity index (χ3v) is 4.12. The first-order valence-corrected chi connectivity index (χ1v) is 6.66. The lowest BCUT2D eigenvalue weighted by molar-refractivity contribution is -0.00572. The molecule has 1 fully saturated rings.